The van der Waals surface area contributed by atoms with E-state index in [2.05, 4.69) is 15.6 Å². The molecule has 16 heavy (non-hydrogen) atoms. The maximum atomic E-state index is 11.2. The zero-order valence-corrected chi connectivity index (χ0v) is 10.5. The van der Waals surface area contributed by atoms with Crippen molar-refractivity contribution >= 4 is 11.9 Å². The fraction of sp³-hybridized carbons (Fsp3) is 0.818. The lowest BCUT2D eigenvalue weighted by Gasteiger charge is -2.08. The van der Waals surface area contributed by atoms with Crippen LogP contribution < -0.4 is 10.6 Å². The quantitative estimate of drug-likeness (QED) is 0.387. The van der Waals surface area contributed by atoms with Gasteiger partial charge in [-0.3, -0.25) is 9.79 Å². The van der Waals surface area contributed by atoms with Crippen LogP contribution in [-0.4, -0.2) is 38.2 Å². The third-order valence-corrected chi connectivity index (χ3v) is 1.74. The number of hydrogen-bond donors (Lipinski definition) is 2. The average Bonchev–Trinajstić information content (AvgIpc) is 2.27. The highest BCUT2D eigenvalue weighted by Gasteiger charge is 2.01. The molecule has 0 aliphatic rings. The second-order valence-electron chi connectivity index (χ2n) is 3.26. The summed E-state index contributed by atoms with van der Waals surface area (Å²) in [7, 11) is 0. The molecule has 0 aromatic heterocycles. The minimum atomic E-state index is -0.182. The van der Waals surface area contributed by atoms with Gasteiger partial charge >= 0.3 is 5.97 Å². The first-order chi connectivity index (χ1) is 7.74. The molecule has 94 valence electrons. The molecule has 0 rings (SSSR count). The topological polar surface area (TPSA) is 62.7 Å². The molecule has 5 nitrogen and oxygen atoms in total. The molecule has 0 aliphatic carbocycles. The number of nitrogens with one attached hydrogen (secondary N) is 2. The SMILES string of the molecule is CCCOC(=O)CCN=C(NCC)NCC. The molecule has 0 unspecified atom stereocenters. The first kappa shape index (κ1) is 14.7. The van der Waals surface area contributed by atoms with Crippen LogP contribution >= 0.6 is 0 Å². The fourth-order valence-electron chi connectivity index (χ4n) is 1.06. The van der Waals surface area contributed by atoms with Crippen LogP contribution in [0.15, 0.2) is 4.99 Å². The summed E-state index contributed by atoms with van der Waals surface area (Å²) in [5, 5.41) is 6.17. The third-order valence-electron chi connectivity index (χ3n) is 1.74. The minimum absolute atomic E-state index is 0.182. The van der Waals surface area contributed by atoms with Crippen molar-refractivity contribution in [1.82, 2.24) is 10.6 Å². The lowest BCUT2D eigenvalue weighted by atomic mass is 10.4. The van der Waals surface area contributed by atoms with E-state index in [9.17, 15) is 4.79 Å². The Bertz CT molecular complexity index is 209. The molecule has 0 amide bonds. The molecule has 2 N–H and O–H groups in total. The summed E-state index contributed by atoms with van der Waals surface area (Å²) < 4.78 is 4.94. The number of esters is 1. The smallest absolute Gasteiger partial charge is 0.307 e. The molecule has 0 aromatic carbocycles. The highest BCUT2D eigenvalue weighted by molar-refractivity contribution is 5.80. The molecule has 0 bridgehead atoms. The number of carbonyl (C=O) groups excluding carboxylic acids is 1. The van der Waals surface area contributed by atoms with E-state index in [1.165, 1.54) is 0 Å². The van der Waals surface area contributed by atoms with Crippen LogP contribution in [0.5, 0.6) is 0 Å². The van der Waals surface area contributed by atoms with Gasteiger partial charge in [0.15, 0.2) is 5.96 Å². The summed E-state index contributed by atoms with van der Waals surface area (Å²) in [6.45, 7) is 8.55. The van der Waals surface area contributed by atoms with Gasteiger partial charge in [0, 0.05) is 13.1 Å². The molecule has 0 heterocycles. The fourth-order valence-corrected chi connectivity index (χ4v) is 1.06. The van der Waals surface area contributed by atoms with Crippen molar-refractivity contribution in [2.75, 3.05) is 26.2 Å². The van der Waals surface area contributed by atoms with Gasteiger partial charge in [-0.15, -0.1) is 0 Å². The van der Waals surface area contributed by atoms with Gasteiger partial charge in [0.2, 0.25) is 0 Å². The zero-order chi connectivity index (χ0) is 12.2. The van der Waals surface area contributed by atoms with Gasteiger partial charge < -0.3 is 15.4 Å². The first-order valence-electron chi connectivity index (χ1n) is 5.92. The van der Waals surface area contributed by atoms with Gasteiger partial charge in [-0.1, -0.05) is 6.92 Å². The van der Waals surface area contributed by atoms with Crippen molar-refractivity contribution in [1.29, 1.82) is 0 Å². The van der Waals surface area contributed by atoms with E-state index in [1.807, 2.05) is 20.8 Å². The van der Waals surface area contributed by atoms with Crippen molar-refractivity contribution in [2.45, 2.75) is 33.6 Å². The van der Waals surface area contributed by atoms with E-state index in [4.69, 9.17) is 4.74 Å². The molecule has 0 aromatic rings. The van der Waals surface area contributed by atoms with Crippen molar-refractivity contribution in [2.24, 2.45) is 4.99 Å². The highest BCUT2D eigenvalue weighted by Crippen LogP contribution is 1.89. The summed E-state index contributed by atoms with van der Waals surface area (Å²) in [6.07, 6.45) is 1.19. The number of ether oxygens (including phenoxy) is 1. The van der Waals surface area contributed by atoms with Gasteiger partial charge in [0.25, 0.3) is 0 Å². The van der Waals surface area contributed by atoms with Crippen molar-refractivity contribution < 1.29 is 9.53 Å². The Hall–Kier alpha value is -1.26. The van der Waals surface area contributed by atoms with Gasteiger partial charge in [0.05, 0.1) is 19.6 Å². The Kier molecular flexibility index (Phi) is 9.46. The van der Waals surface area contributed by atoms with Crippen LogP contribution in [-0.2, 0) is 9.53 Å². The molecular formula is C11H23N3O2. The monoisotopic (exact) mass is 229 g/mol. The molecule has 0 radical (unpaired) electrons. The van der Waals surface area contributed by atoms with Crippen LogP contribution in [0, 0.1) is 0 Å². The molecule has 0 aliphatic heterocycles. The predicted octanol–water partition coefficient (Wildman–Crippen LogP) is 0.905. The number of nitrogens with zero attached hydrogens (tertiary/aromatic N) is 1. The molecular weight excluding hydrogens is 206 g/mol. The maximum absolute atomic E-state index is 11.2. The summed E-state index contributed by atoms with van der Waals surface area (Å²) in [4.78, 5) is 15.4. The average molecular weight is 229 g/mol. The molecule has 0 saturated heterocycles. The largest absolute Gasteiger partial charge is 0.466 e. The minimum Gasteiger partial charge on any atom is -0.466 e. The Balaban J connectivity index is 3.79. The molecule has 0 saturated carbocycles. The van der Waals surface area contributed by atoms with Crippen LogP contribution in [0.2, 0.25) is 0 Å². The Labute approximate surface area is 97.7 Å². The van der Waals surface area contributed by atoms with Crippen LogP contribution in [0.1, 0.15) is 33.6 Å². The van der Waals surface area contributed by atoms with E-state index in [1.54, 1.807) is 0 Å². The summed E-state index contributed by atoms with van der Waals surface area (Å²) in [6, 6.07) is 0. The number of hydrogen-bond acceptors (Lipinski definition) is 3. The summed E-state index contributed by atoms with van der Waals surface area (Å²) >= 11 is 0. The normalized spacial score (nSPS) is 9.44. The van der Waals surface area contributed by atoms with Gasteiger partial charge in [-0.25, -0.2) is 0 Å². The van der Waals surface area contributed by atoms with Crippen molar-refractivity contribution in [3.05, 3.63) is 0 Å². The zero-order valence-electron chi connectivity index (χ0n) is 10.5. The second kappa shape index (κ2) is 10.3. The number of rotatable bonds is 7. The first-order valence-corrected chi connectivity index (χ1v) is 5.92. The predicted molar refractivity (Wildman–Crippen MR) is 65.5 cm³/mol. The van der Waals surface area contributed by atoms with E-state index < -0.39 is 0 Å². The maximum Gasteiger partial charge on any atom is 0.307 e. The van der Waals surface area contributed by atoms with E-state index in [0.717, 1.165) is 25.5 Å². The van der Waals surface area contributed by atoms with E-state index in [-0.39, 0.29) is 5.97 Å². The Morgan fingerprint density at radius 1 is 1.19 bits per heavy atom. The van der Waals surface area contributed by atoms with E-state index in [0.29, 0.717) is 19.6 Å². The summed E-state index contributed by atoms with van der Waals surface area (Å²) in [5.41, 5.74) is 0. The van der Waals surface area contributed by atoms with Crippen LogP contribution in [0.25, 0.3) is 0 Å². The number of guanidine groups is 1. The van der Waals surface area contributed by atoms with Crippen LogP contribution in [0.3, 0.4) is 0 Å². The van der Waals surface area contributed by atoms with Crippen LogP contribution in [0.4, 0.5) is 0 Å². The van der Waals surface area contributed by atoms with Crippen molar-refractivity contribution in [3.63, 3.8) is 0 Å². The highest BCUT2D eigenvalue weighted by atomic mass is 16.5. The lowest BCUT2D eigenvalue weighted by molar-refractivity contribution is -0.143. The molecule has 0 spiro atoms. The van der Waals surface area contributed by atoms with Crippen molar-refractivity contribution in [3.8, 4) is 0 Å². The third kappa shape index (κ3) is 8.08. The van der Waals surface area contributed by atoms with Gasteiger partial charge in [-0.2, -0.15) is 0 Å². The Morgan fingerprint density at radius 3 is 2.31 bits per heavy atom. The summed E-state index contributed by atoms with van der Waals surface area (Å²) in [5.74, 6) is 0.561. The Morgan fingerprint density at radius 2 is 1.81 bits per heavy atom. The van der Waals surface area contributed by atoms with E-state index >= 15 is 0 Å². The molecule has 5 heteroatoms. The lowest BCUT2D eigenvalue weighted by Crippen LogP contribution is -2.37. The van der Waals surface area contributed by atoms with Gasteiger partial charge in [-0.05, 0) is 20.3 Å². The number of aliphatic imine (C=N–C) groups is 1. The standard InChI is InChI=1S/C11H23N3O2/c1-4-9-16-10(15)7-8-14-11(12-5-2)13-6-3/h4-9H2,1-3H3,(H2,12,13,14). The second-order valence-corrected chi connectivity index (χ2v) is 3.26. The molecule has 0 atom stereocenters. The number of carbonyl (C=O) groups is 1. The molecule has 0 fully saturated rings. The van der Waals surface area contributed by atoms with Gasteiger partial charge in [0.1, 0.15) is 0 Å².